The second-order valence-corrected chi connectivity index (χ2v) is 3.53. The molecule has 0 aromatic carbocycles. The van der Waals surface area contributed by atoms with E-state index in [4.69, 9.17) is 4.55 Å². The topological polar surface area (TPSA) is 54.4 Å². The van der Waals surface area contributed by atoms with E-state index in [9.17, 15) is 60.2 Å². The molecule has 0 aromatic rings. The summed E-state index contributed by atoms with van der Waals surface area (Å²) in [4.78, 5) is 0. The van der Waals surface area contributed by atoms with E-state index in [1.165, 1.54) is 0 Å². The van der Waals surface area contributed by atoms with Gasteiger partial charge in [-0.2, -0.15) is 8.42 Å². The van der Waals surface area contributed by atoms with E-state index in [2.05, 4.69) is 6.58 Å². The summed E-state index contributed by atoms with van der Waals surface area (Å²) in [5, 5.41) is 0.465. The normalized spacial score (nSPS) is 11.1. The predicted molar refractivity (Wildman–Crippen MR) is 53.4 cm³/mol. The average Bonchev–Trinajstić information content (AvgIpc) is 1.91. The summed E-state index contributed by atoms with van der Waals surface area (Å²) in [6.45, 7) is 2.79. The van der Waals surface area contributed by atoms with Crippen LogP contribution < -0.4 is 18.9 Å². The van der Waals surface area contributed by atoms with Gasteiger partial charge in [0, 0.05) is 0 Å². The SMILES string of the molecule is C=CS(=O)(=O)O.F[B-](F)(F)F.F[B-](F)(F)F.F[B-](F)(F)F.[H-].[Li+]. The number of rotatable bonds is 1. The van der Waals surface area contributed by atoms with Crippen molar-refractivity contribution in [3.05, 3.63) is 12.0 Å². The van der Waals surface area contributed by atoms with Crippen molar-refractivity contribution in [3.8, 4) is 0 Å². The van der Waals surface area contributed by atoms with Gasteiger partial charge in [-0.05, 0) is 0 Å². The number of halogens is 12. The van der Waals surface area contributed by atoms with Crippen LogP contribution >= 0.6 is 0 Å². The third kappa shape index (κ3) is 1000. The molecule has 0 saturated carbocycles. The molecule has 0 aromatic heterocycles. The molecule has 3 nitrogen and oxygen atoms in total. The summed E-state index contributed by atoms with van der Waals surface area (Å²) in [5.74, 6) is 0. The molecule has 0 aliphatic rings. The Labute approximate surface area is 129 Å². The maximum absolute atomic E-state index is 9.75. The minimum Gasteiger partial charge on any atom is -1.00 e. The quantitative estimate of drug-likeness (QED) is 0.423. The fraction of sp³-hybridized carbons (Fsp3) is 0. The van der Waals surface area contributed by atoms with E-state index in [0.29, 0.717) is 5.41 Å². The van der Waals surface area contributed by atoms with Crippen LogP contribution in [0.2, 0.25) is 0 Å². The maximum atomic E-state index is 9.75. The Bertz CT molecular complexity index is 307. The largest absolute Gasteiger partial charge is 1.00 e. The molecule has 0 unspecified atom stereocenters. The minimum absolute atomic E-state index is 0. The van der Waals surface area contributed by atoms with Crippen molar-refractivity contribution in [2.45, 2.75) is 0 Å². The van der Waals surface area contributed by atoms with Gasteiger partial charge in [0.1, 0.15) is 0 Å². The first-order chi connectivity index (χ1) is 8.56. The summed E-state index contributed by atoms with van der Waals surface area (Å²) in [6.07, 6.45) is 0. The predicted octanol–water partition coefficient (Wildman–Crippen LogP) is 1.03. The van der Waals surface area contributed by atoms with Crippen molar-refractivity contribution >= 4 is 31.9 Å². The van der Waals surface area contributed by atoms with Crippen molar-refractivity contribution in [2.75, 3.05) is 0 Å². The molecule has 0 saturated heterocycles. The van der Waals surface area contributed by atoms with Gasteiger partial charge in [0.05, 0.1) is 5.41 Å². The molecule has 0 rings (SSSR count). The first-order valence-corrected chi connectivity index (χ1v) is 5.28. The molecule has 0 aliphatic heterocycles. The van der Waals surface area contributed by atoms with Gasteiger partial charge in [0.15, 0.2) is 0 Å². The molecule has 0 radical (unpaired) electrons. The fourth-order valence-electron chi connectivity index (χ4n) is 0. The van der Waals surface area contributed by atoms with E-state index in [1.807, 2.05) is 0 Å². The monoisotopic (exact) mass is 377 g/mol. The number of hydrogen-bond donors (Lipinski definition) is 1. The molecule has 0 fully saturated rings. The van der Waals surface area contributed by atoms with Gasteiger partial charge in [-0.1, -0.05) is 6.58 Å². The second kappa shape index (κ2) is 13.1. The van der Waals surface area contributed by atoms with Crippen molar-refractivity contribution in [1.82, 2.24) is 0 Å². The molecule has 0 aliphatic carbocycles. The van der Waals surface area contributed by atoms with E-state index in [-0.39, 0.29) is 20.3 Å². The minimum atomic E-state index is -6.00. The zero-order valence-corrected chi connectivity index (χ0v) is 11.0. The van der Waals surface area contributed by atoms with E-state index in [0.717, 1.165) is 0 Å². The van der Waals surface area contributed by atoms with Gasteiger partial charge in [-0.3, -0.25) is 4.55 Å². The summed E-state index contributed by atoms with van der Waals surface area (Å²) in [5.41, 5.74) is 0. The average molecular weight is 376 g/mol. The van der Waals surface area contributed by atoms with Gasteiger partial charge in [0.25, 0.3) is 10.1 Å². The molecule has 22 heavy (non-hydrogen) atoms. The van der Waals surface area contributed by atoms with E-state index < -0.39 is 31.9 Å². The molecular formula is C2H5B3F12LiO3S-3. The zero-order valence-electron chi connectivity index (χ0n) is 11.2. The standard InChI is InChI=1S/C2H4O3S.3BF4.Li.H/c1-2-6(3,4)5;3*2-1(3,4)5;;/h2H,1H2,(H,3,4,5);;;;;/q;3*-1;+1;-1. The van der Waals surface area contributed by atoms with E-state index in [1.54, 1.807) is 0 Å². The van der Waals surface area contributed by atoms with Crippen LogP contribution in [0.4, 0.5) is 51.8 Å². The van der Waals surface area contributed by atoms with Crippen molar-refractivity contribution in [1.29, 1.82) is 0 Å². The molecule has 20 heteroatoms. The van der Waals surface area contributed by atoms with Crippen LogP contribution in [0, 0.1) is 0 Å². The molecule has 0 amide bonds. The summed E-state index contributed by atoms with van der Waals surface area (Å²) in [7, 11) is -21.9. The summed E-state index contributed by atoms with van der Waals surface area (Å²) in [6, 6.07) is 0. The third-order valence-corrected chi connectivity index (χ3v) is 0.632. The molecule has 0 atom stereocenters. The van der Waals surface area contributed by atoms with Crippen LogP contribution in [-0.2, 0) is 10.1 Å². The van der Waals surface area contributed by atoms with Gasteiger partial charge < -0.3 is 53.2 Å². The molecule has 0 heterocycles. The van der Waals surface area contributed by atoms with Crippen LogP contribution in [-0.4, -0.2) is 34.7 Å². The van der Waals surface area contributed by atoms with Gasteiger partial charge in [-0.25, -0.2) is 0 Å². The molecule has 0 spiro atoms. The Morgan fingerprint density at radius 1 is 0.727 bits per heavy atom. The number of hydrogen-bond acceptors (Lipinski definition) is 2. The summed E-state index contributed by atoms with van der Waals surface area (Å²) < 4.78 is 144. The van der Waals surface area contributed by atoms with Crippen LogP contribution in [0.25, 0.3) is 0 Å². The third-order valence-electron chi connectivity index (χ3n) is 0.211. The van der Waals surface area contributed by atoms with Gasteiger partial charge in [0.2, 0.25) is 0 Å². The smallest absolute Gasteiger partial charge is 1.00 e. The Balaban J connectivity index is -0.0000000408. The van der Waals surface area contributed by atoms with Crippen molar-refractivity contribution < 1.29 is 85.0 Å². The van der Waals surface area contributed by atoms with Crippen molar-refractivity contribution in [3.63, 3.8) is 0 Å². The maximum Gasteiger partial charge on any atom is 1.00 e. The van der Waals surface area contributed by atoms with Gasteiger partial charge >= 0.3 is 40.6 Å². The van der Waals surface area contributed by atoms with E-state index >= 15 is 0 Å². The fourth-order valence-corrected chi connectivity index (χ4v) is 0. The Morgan fingerprint density at radius 3 is 0.773 bits per heavy atom. The Hall–Kier alpha value is -0.398. The van der Waals surface area contributed by atoms with Crippen molar-refractivity contribution in [2.24, 2.45) is 0 Å². The first kappa shape index (κ1) is 33.3. The summed E-state index contributed by atoms with van der Waals surface area (Å²) >= 11 is 0. The Morgan fingerprint density at radius 2 is 0.773 bits per heavy atom. The van der Waals surface area contributed by atoms with Crippen LogP contribution in [0.15, 0.2) is 12.0 Å². The van der Waals surface area contributed by atoms with Crippen LogP contribution in [0.3, 0.4) is 0 Å². The van der Waals surface area contributed by atoms with Gasteiger partial charge in [-0.15, -0.1) is 0 Å². The Kier molecular flexibility index (Phi) is 19.8. The van der Waals surface area contributed by atoms with Crippen LogP contribution in [0.5, 0.6) is 0 Å². The van der Waals surface area contributed by atoms with Crippen LogP contribution in [0.1, 0.15) is 1.43 Å². The first-order valence-electron chi connectivity index (χ1n) is 3.78. The molecular weight excluding hydrogens is 371 g/mol. The zero-order chi connectivity index (χ0) is 18.7. The molecule has 134 valence electrons. The second-order valence-electron chi connectivity index (χ2n) is 2.17. The molecule has 0 bridgehead atoms. The molecule has 1 N–H and O–H groups in total.